The summed E-state index contributed by atoms with van der Waals surface area (Å²) in [5.41, 5.74) is 6.77. The molecule has 4 N–H and O–H groups in total. The summed E-state index contributed by atoms with van der Waals surface area (Å²) < 4.78 is 0. The van der Waals surface area contributed by atoms with Gasteiger partial charge in [0.25, 0.3) is 0 Å². The van der Waals surface area contributed by atoms with Crippen molar-refractivity contribution in [3.63, 3.8) is 0 Å². The number of hydrogen-bond acceptors (Lipinski definition) is 3. The van der Waals surface area contributed by atoms with Crippen LogP contribution in [-0.4, -0.2) is 16.6 Å². The van der Waals surface area contributed by atoms with E-state index < -0.39 is 5.54 Å². The summed E-state index contributed by atoms with van der Waals surface area (Å²) in [6.45, 7) is 1.78. The summed E-state index contributed by atoms with van der Waals surface area (Å²) in [7, 11) is 0. The maximum absolute atomic E-state index is 12.0. The zero-order valence-electron chi connectivity index (χ0n) is 9.94. The van der Waals surface area contributed by atoms with Gasteiger partial charge >= 0.3 is 0 Å². The molecule has 2 rings (SSSR count). The smallest absolute Gasteiger partial charge is 0.244 e. The minimum absolute atomic E-state index is 0.00487. The second-order valence-corrected chi connectivity index (χ2v) is 4.87. The number of carbonyl (C=O) groups is 1. The van der Waals surface area contributed by atoms with E-state index in [-0.39, 0.29) is 12.5 Å². The van der Waals surface area contributed by atoms with Crippen LogP contribution in [-0.2, 0) is 11.4 Å². The van der Waals surface area contributed by atoms with Crippen molar-refractivity contribution in [3.8, 4) is 0 Å². The highest BCUT2D eigenvalue weighted by molar-refractivity contribution is 5.98. The quantitative estimate of drug-likeness (QED) is 0.733. The van der Waals surface area contributed by atoms with Crippen molar-refractivity contribution in [2.24, 2.45) is 11.7 Å². The van der Waals surface area contributed by atoms with Crippen LogP contribution in [0.2, 0.25) is 0 Å². The Morgan fingerprint density at radius 2 is 2.06 bits per heavy atom. The first-order valence-electron chi connectivity index (χ1n) is 5.84. The zero-order chi connectivity index (χ0) is 12.5. The van der Waals surface area contributed by atoms with E-state index in [1.165, 1.54) is 0 Å². The topological polar surface area (TPSA) is 75.4 Å². The van der Waals surface area contributed by atoms with Crippen molar-refractivity contribution >= 4 is 11.6 Å². The largest absolute Gasteiger partial charge is 0.392 e. The van der Waals surface area contributed by atoms with Gasteiger partial charge in [0, 0.05) is 5.69 Å². The number of rotatable bonds is 4. The molecule has 0 spiro atoms. The van der Waals surface area contributed by atoms with Gasteiger partial charge in [-0.3, -0.25) is 4.79 Å². The molecule has 1 atom stereocenters. The maximum Gasteiger partial charge on any atom is 0.244 e. The van der Waals surface area contributed by atoms with Gasteiger partial charge in [0.15, 0.2) is 0 Å². The fourth-order valence-electron chi connectivity index (χ4n) is 1.83. The fraction of sp³-hybridized carbons (Fsp3) is 0.462. The lowest BCUT2D eigenvalue weighted by atomic mass is 9.96. The number of anilines is 1. The Balaban J connectivity index is 2.02. The number of nitrogens with two attached hydrogens (primary N) is 1. The normalized spacial score (nSPS) is 18.5. The molecule has 0 aliphatic heterocycles. The van der Waals surface area contributed by atoms with Gasteiger partial charge in [-0.25, -0.2) is 0 Å². The Morgan fingerprint density at radius 3 is 2.53 bits per heavy atom. The van der Waals surface area contributed by atoms with Crippen LogP contribution in [0.3, 0.4) is 0 Å². The van der Waals surface area contributed by atoms with Crippen molar-refractivity contribution in [3.05, 3.63) is 29.8 Å². The molecule has 1 fully saturated rings. The minimum Gasteiger partial charge on any atom is -0.392 e. The molecular weight excluding hydrogens is 216 g/mol. The van der Waals surface area contributed by atoms with Crippen LogP contribution >= 0.6 is 0 Å². The lowest BCUT2D eigenvalue weighted by Crippen LogP contribution is -2.50. The second kappa shape index (κ2) is 4.47. The van der Waals surface area contributed by atoms with Gasteiger partial charge in [0.05, 0.1) is 12.1 Å². The number of aliphatic hydroxyl groups is 1. The van der Waals surface area contributed by atoms with Gasteiger partial charge in [-0.2, -0.15) is 0 Å². The maximum atomic E-state index is 12.0. The average molecular weight is 234 g/mol. The predicted octanol–water partition coefficient (Wildman–Crippen LogP) is 1.24. The lowest BCUT2D eigenvalue weighted by Gasteiger charge is -2.23. The summed E-state index contributed by atoms with van der Waals surface area (Å²) >= 11 is 0. The summed E-state index contributed by atoms with van der Waals surface area (Å²) in [6, 6.07) is 7.10. The van der Waals surface area contributed by atoms with Gasteiger partial charge in [-0.05, 0) is 43.4 Å². The zero-order valence-corrected chi connectivity index (χ0v) is 9.94. The first-order chi connectivity index (χ1) is 8.04. The second-order valence-electron chi connectivity index (χ2n) is 4.87. The molecule has 0 bridgehead atoms. The van der Waals surface area contributed by atoms with Gasteiger partial charge in [-0.15, -0.1) is 0 Å². The van der Waals surface area contributed by atoms with Crippen LogP contribution < -0.4 is 11.1 Å². The Kier molecular flexibility index (Phi) is 3.17. The molecule has 1 amide bonds. The molecule has 4 nitrogen and oxygen atoms in total. The van der Waals surface area contributed by atoms with Gasteiger partial charge < -0.3 is 16.2 Å². The standard InChI is InChI=1S/C13H18N2O2/c1-13(14,10-4-5-10)12(17)15-11-6-2-9(8-16)3-7-11/h2-3,6-7,10,16H,4-5,8,14H2,1H3,(H,15,17). The molecule has 0 radical (unpaired) electrons. The third-order valence-electron chi connectivity index (χ3n) is 3.31. The van der Waals surface area contributed by atoms with E-state index >= 15 is 0 Å². The Morgan fingerprint density at radius 1 is 1.47 bits per heavy atom. The fourth-order valence-corrected chi connectivity index (χ4v) is 1.83. The molecule has 0 saturated heterocycles. The average Bonchev–Trinajstić information content (AvgIpc) is 3.14. The molecule has 92 valence electrons. The number of carbonyl (C=O) groups excluding carboxylic acids is 1. The van der Waals surface area contributed by atoms with Crippen LogP contribution in [0, 0.1) is 5.92 Å². The van der Waals surface area contributed by atoms with Crippen molar-refractivity contribution in [2.75, 3.05) is 5.32 Å². The van der Waals surface area contributed by atoms with E-state index in [2.05, 4.69) is 5.32 Å². The Hall–Kier alpha value is -1.39. The van der Waals surface area contributed by atoms with Gasteiger partial charge in [0.2, 0.25) is 5.91 Å². The molecule has 4 heteroatoms. The van der Waals surface area contributed by atoms with E-state index in [4.69, 9.17) is 10.8 Å². The molecule has 1 saturated carbocycles. The number of nitrogens with one attached hydrogen (secondary N) is 1. The van der Waals surface area contributed by atoms with Crippen LogP contribution in [0.25, 0.3) is 0 Å². The molecule has 0 aromatic heterocycles. The number of amides is 1. The number of aliphatic hydroxyl groups excluding tert-OH is 1. The third-order valence-corrected chi connectivity index (χ3v) is 3.31. The van der Waals surface area contributed by atoms with E-state index in [1.807, 2.05) is 0 Å². The molecular formula is C13H18N2O2. The van der Waals surface area contributed by atoms with Crippen LogP contribution in [0.15, 0.2) is 24.3 Å². The molecule has 17 heavy (non-hydrogen) atoms. The molecule has 1 aromatic rings. The summed E-state index contributed by atoms with van der Waals surface area (Å²) in [4.78, 5) is 12.0. The van der Waals surface area contributed by atoms with E-state index in [0.29, 0.717) is 11.6 Å². The highest BCUT2D eigenvalue weighted by Gasteiger charge is 2.44. The number of benzene rings is 1. The molecule has 0 heterocycles. The van der Waals surface area contributed by atoms with Gasteiger partial charge in [-0.1, -0.05) is 12.1 Å². The Labute approximate surface area is 101 Å². The predicted molar refractivity (Wildman–Crippen MR) is 66.3 cm³/mol. The highest BCUT2D eigenvalue weighted by Crippen LogP contribution is 2.38. The van der Waals surface area contributed by atoms with E-state index in [9.17, 15) is 4.79 Å². The minimum atomic E-state index is -0.782. The van der Waals surface area contributed by atoms with Crippen molar-refractivity contribution in [2.45, 2.75) is 31.9 Å². The monoisotopic (exact) mass is 234 g/mol. The summed E-state index contributed by atoms with van der Waals surface area (Å²) in [5, 5.41) is 11.7. The first kappa shape index (κ1) is 12.1. The van der Waals surface area contributed by atoms with E-state index in [0.717, 1.165) is 18.4 Å². The molecule has 1 aliphatic rings. The van der Waals surface area contributed by atoms with Crippen molar-refractivity contribution in [1.29, 1.82) is 0 Å². The Bertz CT molecular complexity index is 408. The molecule has 1 aromatic carbocycles. The third kappa shape index (κ3) is 2.65. The van der Waals surface area contributed by atoms with E-state index in [1.54, 1.807) is 31.2 Å². The number of hydrogen-bond donors (Lipinski definition) is 3. The van der Waals surface area contributed by atoms with Crippen molar-refractivity contribution < 1.29 is 9.90 Å². The lowest BCUT2D eigenvalue weighted by molar-refractivity contribution is -0.121. The van der Waals surface area contributed by atoms with Gasteiger partial charge in [0.1, 0.15) is 0 Å². The SMILES string of the molecule is CC(N)(C(=O)Nc1ccc(CO)cc1)C1CC1. The summed E-state index contributed by atoms with van der Waals surface area (Å²) in [6.07, 6.45) is 2.06. The van der Waals surface area contributed by atoms with Crippen LogP contribution in [0.1, 0.15) is 25.3 Å². The molecule has 1 aliphatic carbocycles. The van der Waals surface area contributed by atoms with Crippen LogP contribution in [0.5, 0.6) is 0 Å². The first-order valence-corrected chi connectivity index (χ1v) is 5.84. The van der Waals surface area contributed by atoms with Crippen molar-refractivity contribution in [1.82, 2.24) is 0 Å². The van der Waals surface area contributed by atoms with Crippen LogP contribution in [0.4, 0.5) is 5.69 Å². The summed E-state index contributed by atoms with van der Waals surface area (Å²) in [5.74, 6) is 0.163. The highest BCUT2D eigenvalue weighted by atomic mass is 16.3. The molecule has 1 unspecified atom stereocenters.